The minimum absolute atomic E-state index is 0.148. The van der Waals surface area contributed by atoms with Crippen LogP contribution in [0.15, 0.2) is 60.5 Å². The molecule has 0 saturated heterocycles. The Morgan fingerprint density at radius 1 is 1.11 bits per heavy atom. The average Bonchev–Trinajstić information content (AvgIpc) is 3.36. The molecule has 0 N–H and O–H groups in total. The number of aryl methyl sites for hydroxylation is 1. The Morgan fingerprint density at radius 2 is 1.97 bits per heavy atom. The van der Waals surface area contributed by atoms with Crippen LogP contribution in [0.25, 0.3) is 17.0 Å². The second-order valence-corrected chi connectivity index (χ2v) is 9.78. The smallest absolute Gasteiger partial charge is 0.231 e. The minimum atomic E-state index is -0.148. The fourth-order valence-corrected chi connectivity index (χ4v) is 5.25. The molecule has 0 aliphatic carbocycles. The van der Waals surface area contributed by atoms with Crippen molar-refractivity contribution in [1.29, 1.82) is 0 Å². The Labute approximate surface area is 218 Å². The van der Waals surface area contributed by atoms with E-state index in [9.17, 15) is 4.79 Å². The first kappa shape index (κ1) is 23.0. The molecule has 0 unspecified atom stereocenters. The van der Waals surface area contributed by atoms with E-state index in [1.807, 2.05) is 54.2 Å². The number of halogens is 2. The summed E-state index contributed by atoms with van der Waals surface area (Å²) in [6.07, 6.45) is 3.78. The number of benzene rings is 3. The number of hydrogen-bond donors (Lipinski definition) is 0. The zero-order valence-electron chi connectivity index (χ0n) is 19.7. The molecular formula is C28H22Cl2N2O4. The van der Waals surface area contributed by atoms with Crippen LogP contribution in [0.1, 0.15) is 27.0 Å². The van der Waals surface area contributed by atoms with E-state index in [4.69, 9.17) is 37.4 Å². The van der Waals surface area contributed by atoms with Crippen molar-refractivity contribution < 1.29 is 19.0 Å². The maximum absolute atomic E-state index is 13.3. The van der Waals surface area contributed by atoms with Crippen LogP contribution in [0.2, 0.25) is 10.0 Å². The number of rotatable bonds is 4. The molecule has 0 fully saturated rings. The van der Waals surface area contributed by atoms with Gasteiger partial charge in [0, 0.05) is 52.8 Å². The maximum atomic E-state index is 13.3. The predicted octanol–water partition coefficient (Wildman–Crippen LogP) is 6.46. The fourth-order valence-electron chi connectivity index (χ4n) is 4.78. The summed E-state index contributed by atoms with van der Waals surface area (Å²) in [4.78, 5) is 15.4. The van der Waals surface area contributed by atoms with Gasteiger partial charge in [-0.15, -0.1) is 0 Å². The van der Waals surface area contributed by atoms with Crippen molar-refractivity contribution in [2.75, 3.05) is 13.8 Å². The van der Waals surface area contributed by atoms with Crippen LogP contribution in [0.3, 0.4) is 0 Å². The number of nitrogens with zero attached hydrogens (tertiary/aromatic N) is 2. The summed E-state index contributed by atoms with van der Waals surface area (Å²) in [5.41, 5.74) is 4.25. The van der Waals surface area contributed by atoms with E-state index in [1.165, 1.54) is 0 Å². The zero-order valence-corrected chi connectivity index (χ0v) is 21.2. The number of allylic oxidation sites excluding steroid dienone is 1. The molecule has 182 valence electrons. The lowest BCUT2D eigenvalue weighted by Gasteiger charge is -2.30. The highest BCUT2D eigenvalue weighted by Crippen LogP contribution is 2.42. The lowest BCUT2D eigenvalue weighted by Crippen LogP contribution is -2.31. The largest absolute Gasteiger partial charge is 0.497 e. The third kappa shape index (κ3) is 3.91. The molecular weight excluding hydrogens is 499 g/mol. The SMILES string of the molecule is COc1ccc2c(c1)c(/C=C1\Oc3c(ccc4c3CN(Cc3ccc(Cl)cc3Cl)CO4)C1=O)cn2C. The number of ether oxygens (including phenoxy) is 3. The van der Waals surface area contributed by atoms with Crippen molar-refractivity contribution >= 4 is 46.0 Å². The van der Waals surface area contributed by atoms with Crippen molar-refractivity contribution in [3.8, 4) is 17.2 Å². The molecule has 6 rings (SSSR count). The number of ketones is 1. The lowest BCUT2D eigenvalue weighted by molar-refractivity contribution is 0.0873. The normalized spacial score (nSPS) is 16.1. The molecule has 36 heavy (non-hydrogen) atoms. The van der Waals surface area contributed by atoms with Crippen molar-refractivity contribution in [1.82, 2.24) is 9.47 Å². The van der Waals surface area contributed by atoms with Gasteiger partial charge in [0.2, 0.25) is 5.78 Å². The van der Waals surface area contributed by atoms with E-state index >= 15 is 0 Å². The van der Waals surface area contributed by atoms with E-state index in [-0.39, 0.29) is 11.5 Å². The van der Waals surface area contributed by atoms with Gasteiger partial charge in [-0.1, -0.05) is 29.3 Å². The Kier molecular flexibility index (Phi) is 5.67. The van der Waals surface area contributed by atoms with Crippen LogP contribution < -0.4 is 14.2 Å². The second kappa shape index (κ2) is 8.89. The molecule has 0 atom stereocenters. The minimum Gasteiger partial charge on any atom is -0.497 e. The third-order valence-electron chi connectivity index (χ3n) is 6.61. The van der Waals surface area contributed by atoms with Gasteiger partial charge in [0.05, 0.1) is 18.2 Å². The summed E-state index contributed by atoms with van der Waals surface area (Å²) in [7, 11) is 3.61. The van der Waals surface area contributed by atoms with Gasteiger partial charge in [-0.05, 0) is 54.1 Å². The fraction of sp³-hybridized carbons (Fsp3) is 0.179. The molecule has 2 aliphatic rings. The van der Waals surface area contributed by atoms with Gasteiger partial charge in [0.15, 0.2) is 5.76 Å². The number of carbonyl (C=O) groups excluding carboxylic acids is 1. The molecule has 8 heteroatoms. The number of carbonyl (C=O) groups is 1. The quantitative estimate of drug-likeness (QED) is 0.289. The lowest BCUT2D eigenvalue weighted by atomic mass is 10.0. The first-order valence-corrected chi connectivity index (χ1v) is 12.2. The standard InChI is InChI=1S/C28H22Cl2N2O4/c1-31-12-17(21-11-19(34-2)5-7-24(21)31)9-26-27(33)20-6-8-25-22(28(20)36-26)14-32(15-35-25)13-16-3-4-18(29)10-23(16)30/h3-12H,13-15H2,1-2H3/b26-9-. The first-order valence-electron chi connectivity index (χ1n) is 11.4. The van der Waals surface area contributed by atoms with Gasteiger partial charge in [0.25, 0.3) is 0 Å². The van der Waals surface area contributed by atoms with Crippen LogP contribution >= 0.6 is 23.2 Å². The summed E-state index contributed by atoms with van der Waals surface area (Å²) >= 11 is 12.4. The number of aromatic nitrogens is 1. The molecule has 0 saturated carbocycles. The van der Waals surface area contributed by atoms with E-state index in [0.717, 1.165) is 39.1 Å². The van der Waals surface area contributed by atoms with Crippen LogP contribution in [-0.4, -0.2) is 29.1 Å². The number of methoxy groups -OCH3 is 1. The van der Waals surface area contributed by atoms with Crippen molar-refractivity contribution in [3.63, 3.8) is 0 Å². The molecule has 0 bridgehead atoms. The van der Waals surface area contributed by atoms with Gasteiger partial charge < -0.3 is 18.8 Å². The molecule has 3 heterocycles. The molecule has 0 spiro atoms. The highest BCUT2D eigenvalue weighted by molar-refractivity contribution is 6.35. The molecule has 2 aliphatic heterocycles. The molecule has 6 nitrogen and oxygen atoms in total. The maximum Gasteiger partial charge on any atom is 0.231 e. The Bertz CT molecular complexity index is 1570. The van der Waals surface area contributed by atoms with Gasteiger partial charge >= 0.3 is 0 Å². The van der Waals surface area contributed by atoms with Gasteiger partial charge in [-0.3, -0.25) is 9.69 Å². The van der Waals surface area contributed by atoms with Gasteiger partial charge in [-0.2, -0.15) is 0 Å². The van der Waals surface area contributed by atoms with E-state index in [2.05, 4.69) is 4.90 Å². The van der Waals surface area contributed by atoms with E-state index in [1.54, 1.807) is 25.3 Å². The van der Waals surface area contributed by atoms with Crippen LogP contribution in [0, 0.1) is 0 Å². The average molecular weight is 521 g/mol. The van der Waals surface area contributed by atoms with E-state index < -0.39 is 0 Å². The number of hydrogen-bond acceptors (Lipinski definition) is 5. The first-order chi connectivity index (χ1) is 17.4. The Morgan fingerprint density at radius 3 is 2.78 bits per heavy atom. The van der Waals surface area contributed by atoms with Gasteiger partial charge in [-0.25, -0.2) is 0 Å². The summed E-state index contributed by atoms with van der Waals surface area (Å²) < 4.78 is 19.6. The highest BCUT2D eigenvalue weighted by atomic mass is 35.5. The third-order valence-corrected chi connectivity index (χ3v) is 7.19. The molecule has 3 aromatic carbocycles. The predicted molar refractivity (Wildman–Crippen MR) is 140 cm³/mol. The Hall–Kier alpha value is -3.45. The summed E-state index contributed by atoms with van der Waals surface area (Å²) in [5.74, 6) is 2.16. The molecule has 1 aromatic heterocycles. The van der Waals surface area contributed by atoms with E-state index in [0.29, 0.717) is 41.2 Å². The van der Waals surface area contributed by atoms with Crippen molar-refractivity contribution in [2.24, 2.45) is 7.05 Å². The molecule has 0 amide bonds. The van der Waals surface area contributed by atoms with Crippen LogP contribution in [0.5, 0.6) is 17.2 Å². The zero-order chi connectivity index (χ0) is 25.0. The van der Waals surface area contributed by atoms with Crippen LogP contribution in [0.4, 0.5) is 0 Å². The van der Waals surface area contributed by atoms with Crippen LogP contribution in [-0.2, 0) is 20.1 Å². The number of fused-ring (bicyclic) bond motifs is 4. The summed E-state index contributed by atoms with van der Waals surface area (Å²) in [5, 5.41) is 2.18. The monoisotopic (exact) mass is 520 g/mol. The second-order valence-electron chi connectivity index (χ2n) is 8.93. The highest BCUT2D eigenvalue weighted by Gasteiger charge is 2.34. The summed E-state index contributed by atoms with van der Waals surface area (Å²) in [6.45, 7) is 1.54. The topological polar surface area (TPSA) is 52.9 Å². The molecule has 4 aromatic rings. The van der Waals surface area contributed by atoms with Gasteiger partial charge in [0.1, 0.15) is 24.0 Å². The van der Waals surface area contributed by atoms with Crippen molar-refractivity contribution in [3.05, 3.63) is 92.8 Å². The van der Waals surface area contributed by atoms with Crippen molar-refractivity contribution in [2.45, 2.75) is 13.1 Å². The Balaban J connectivity index is 1.32. The molecule has 0 radical (unpaired) electrons. The summed E-state index contributed by atoms with van der Waals surface area (Å²) in [6, 6.07) is 15.0. The number of Topliss-reactive ketones (excluding diaryl/α,β-unsaturated/α-hetero) is 1.